The van der Waals surface area contributed by atoms with Crippen LogP contribution in [0.2, 0.25) is 0 Å². The number of rotatable bonds is 6. The first-order chi connectivity index (χ1) is 14.4. The number of aryl methyl sites for hydroxylation is 1. The fraction of sp³-hybridized carbons (Fsp3) is 0.409. The number of nitrogens with zero attached hydrogens (tertiary/aromatic N) is 1. The molecule has 0 saturated heterocycles. The van der Waals surface area contributed by atoms with Crippen LogP contribution < -0.4 is 11.1 Å². The number of nitrogens with two attached hydrogens (primary N) is 1. The summed E-state index contributed by atoms with van der Waals surface area (Å²) in [5.74, 6) is -0.517. The summed E-state index contributed by atoms with van der Waals surface area (Å²) >= 11 is 0. The number of ether oxygens (including phenoxy) is 1. The quantitative estimate of drug-likeness (QED) is 0.693. The molecule has 3 rings (SSSR count). The monoisotopic (exact) mass is 417 g/mol. The highest BCUT2D eigenvalue weighted by molar-refractivity contribution is 5.95. The van der Waals surface area contributed by atoms with E-state index in [4.69, 9.17) is 10.5 Å². The van der Waals surface area contributed by atoms with Crippen LogP contribution >= 0.6 is 0 Å². The van der Waals surface area contributed by atoms with Crippen molar-refractivity contribution in [1.82, 2.24) is 4.98 Å². The third-order valence-corrected chi connectivity index (χ3v) is 5.42. The first kappa shape index (κ1) is 21.7. The smallest absolute Gasteiger partial charge is 0.405 e. The van der Waals surface area contributed by atoms with Gasteiger partial charge in [-0.25, -0.2) is 13.6 Å². The Hall–Kier alpha value is -3.03. The highest BCUT2D eigenvalue weighted by Gasteiger charge is 2.32. The summed E-state index contributed by atoms with van der Waals surface area (Å²) in [4.78, 5) is 27.8. The molecule has 1 atom stereocenters. The average Bonchev–Trinajstić information content (AvgIpc) is 2.73. The summed E-state index contributed by atoms with van der Waals surface area (Å²) in [6.07, 6.45) is 1.36. The molecule has 30 heavy (non-hydrogen) atoms. The van der Waals surface area contributed by atoms with Gasteiger partial charge in [-0.1, -0.05) is 31.4 Å². The number of primary amides is 1. The molecule has 1 heterocycles. The minimum atomic E-state index is -2.69. The summed E-state index contributed by atoms with van der Waals surface area (Å²) in [5.41, 5.74) is 6.99. The number of anilines is 1. The van der Waals surface area contributed by atoms with E-state index in [1.165, 1.54) is 6.20 Å². The molecular formula is C22H25F2N3O3. The highest BCUT2D eigenvalue weighted by Crippen LogP contribution is 2.33. The van der Waals surface area contributed by atoms with Crippen molar-refractivity contribution in [3.05, 3.63) is 47.8 Å². The van der Waals surface area contributed by atoms with E-state index < -0.39 is 24.5 Å². The van der Waals surface area contributed by atoms with Gasteiger partial charge in [0.15, 0.2) is 6.10 Å². The van der Waals surface area contributed by atoms with Crippen LogP contribution in [0.3, 0.4) is 0 Å². The Morgan fingerprint density at radius 1 is 1.13 bits per heavy atom. The van der Waals surface area contributed by atoms with E-state index in [-0.39, 0.29) is 11.6 Å². The standard InChI is InChI=1S/C22H25F2N3O3/c1-13-11-12-26-18(20(23)24)17(13)14-7-9-16(10-8-14)27-21(28)19(30-22(25)29)15-5-3-2-4-6-15/h7-12,15,19-20H,2-6H2,1H3,(H2,25,29)(H,27,28)/t19-/m0/s1. The van der Waals surface area contributed by atoms with Gasteiger partial charge in [0.25, 0.3) is 12.3 Å². The van der Waals surface area contributed by atoms with E-state index in [2.05, 4.69) is 10.3 Å². The van der Waals surface area contributed by atoms with Crippen molar-refractivity contribution in [3.63, 3.8) is 0 Å². The van der Waals surface area contributed by atoms with Gasteiger partial charge < -0.3 is 15.8 Å². The predicted molar refractivity (Wildman–Crippen MR) is 109 cm³/mol. The lowest BCUT2D eigenvalue weighted by Gasteiger charge is -2.28. The molecule has 160 valence electrons. The van der Waals surface area contributed by atoms with Crippen LogP contribution in [0, 0.1) is 12.8 Å². The topological polar surface area (TPSA) is 94.3 Å². The van der Waals surface area contributed by atoms with E-state index >= 15 is 0 Å². The summed E-state index contributed by atoms with van der Waals surface area (Å²) in [5, 5.41) is 2.74. The summed E-state index contributed by atoms with van der Waals surface area (Å²) in [7, 11) is 0. The van der Waals surface area contributed by atoms with E-state index in [9.17, 15) is 18.4 Å². The fourth-order valence-electron chi connectivity index (χ4n) is 3.98. The lowest BCUT2D eigenvalue weighted by Crippen LogP contribution is -2.40. The van der Waals surface area contributed by atoms with Crippen LogP contribution in [-0.4, -0.2) is 23.1 Å². The molecule has 1 aliphatic rings. The summed E-state index contributed by atoms with van der Waals surface area (Å²) in [6, 6.07) is 8.22. The lowest BCUT2D eigenvalue weighted by molar-refractivity contribution is -0.127. The van der Waals surface area contributed by atoms with Crippen molar-refractivity contribution in [1.29, 1.82) is 0 Å². The minimum absolute atomic E-state index is 0.0721. The Balaban J connectivity index is 1.78. The number of carbonyl (C=O) groups excluding carboxylic acids is 2. The molecule has 1 aromatic carbocycles. The molecule has 0 spiro atoms. The van der Waals surface area contributed by atoms with E-state index in [1.54, 1.807) is 37.3 Å². The molecule has 8 heteroatoms. The lowest BCUT2D eigenvalue weighted by atomic mass is 9.85. The molecule has 1 saturated carbocycles. The first-order valence-corrected chi connectivity index (χ1v) is 9.98. The maximum Gasteiger partial charge on any atom is 0.405 e. The molecule has 0 radical (unpaired) electrons. The molecule has 1 aliphatic carbocycles. The Morgan fingerprint density at radius 2 is 1.80 bits per heavy atom. The number of carbonyl (C=O) groups is 2. The Labute approximate surface area is 173 Å². The normalized spacial score (nSPS) is 15.6. The van der Waals surface area contributed by atoms with Gasteiger partial charge in [0.1, 0.15) is 5.69 Å². The second-order valence-electron chi connectivity index (χ2n) is 7.51. The summed E-state index contributed by atoms with van der Waals surface area (Å²) in [6.45, 7) is 1.74. The van der Waals surface area contributed by atoms with Crippen LogP contribution in [0.15, 0.2) is 36.5 Å². The maximum absolute atomic E-state index is 13.3. The van der Waals surface area contributed by atoms with Crippen molar-refractivity contribution in [3.8, 4) is 11.1 Å². The van der Waals surface area contributed by atoms with Gasteiger partial charge in [-0.15, -0.1) is 0 Å². The van der Waals surface area contributed by atoms with Gasteiger partial charge in [0, 0.05) is 23.4 Å². The number of aromatic nitrogens is 1. The summed E-state index contributed by atoms with van der Waals surface area (Å²) < 4.78 is 31.8. The zero-order valence-corrected chi connectivity index (χ0v) is 16.7. The number of hydrogen-bond acceptors (Lipinski definition) is 4. The fourth-order valence-corrected chi connectivity index (χ4v) is 3.98. The average molecular weight is 417 g/mol. The Kier molecular flexibility index (Phi) is 6.97. The van der Waals surface area contributed by atoms with Crippen molar-refractivity contribution < 1.29 is 23.1 Å². The van der Waals surface area contributed by atoms with Crippen molar-refractivity contribution in [2.24, 2.45) is 11.7 Å². The maximum atomic E-state index is 13.3. The number of pyridine rings is 1. The second kappa shape index (κ2) is 9.65. The molecular weight excluding hydrogens is 392 g/mol. The van der Waals surface area contributed by atoms with E-state index in [1.807, 2.05) is 0 Å². The number of hydrogen-bond donors (Lipinski definition) is 2. The van der Waals surface area contributed by atoms with Crippen LogP contribution in [0.5, 0.6) is 0 Å². The van der Waals surface area contributed by atoms with Gasteiger partial charge in [0.2, 0.25) is 0 Å². The molecule has 1 fully saturated rings. The number of halogens is 2. The molecule has 2 aromatic rings. The predicted octanol–water partition coefficient (Wildman–Crippen LogP) is 4.98. The van der Waals surface area contributed by atoms with Crippen molar-refractivity contribution in [2.75, 3.05) is 5.32 Å². The van der Waals surface area contributed by atoms with Gasteiger partial charge in [-0.2, -0.15) is 0 Å². The first-order valence-electron chi connectivity index (χ1n) is 9.98. The molecule has 6 nitrogen and oxygen atoms in total. The van der Waals surface area contributed by atoms with Crippen LogP contribution in [0.4, 0.5) is 19.3 Å². The third-order valence-electron chi connectivity index (χ3n) is 5.42. The van der Waals surface area contributed by atoms with Crippen LogP contribution in [0.25, 0.3) is 11.1 Å². The second-order valence-corrected chi connectivity index (χ2v) is 7.51. The zero-order valence-electron chi connectivity index (χ0n) is 16.7. The van der Waals surface area contributed by atoms with Crippen LogP contribution in [-0.2, 0) is 9.53 Å². The van der Waals surface area contributed by atoms with E-state index in [0.29, 0.717) is 22.4 Å². The highest BCUT2D eigenvalue weighted by atomic mass is 19.3. The Bertz CT molecular complexity index is 897. The van der Waals surface area contributed by atoms with Crippen LogP contribution in [0.1, 0.15) is 49.8 Å². The third kappa shape index (κ3) is 5.11. The van der Waals surface area contributed by atoms with Gasteiger partial charge in [0.05, 0.1) is 0 Å². The molecule has 1 aromatic heterocycles. The molecule has 3 N–H and O–H groups in total. The van der Waals surface area contributed by atoms with Gasteiger partial charge >= 0.3 is 6.09 Å². The molecule has 0 bridgehead atoms. The molecule has 0 unspecified atom stereocenters. The SMILES string of the molecule is Cc1ccnc(C(F)F)c1-c1ccc(NC(=O)[C@@H](OC(N)=O)C2CCCCC2)cc1. The number of nitrogens with one attached hydrogen (secondary N) is 1. The van der Waals surface area contributed by atoms with Gasteiger partial charge in [-0.3, -0.25) is 9.78 Å². The number of amides is 2. The van der Waals surface area contributed by atoms with Crippen molar-refractivity contribution >= 4 is 17.7 Å². The van der Waals surface area contributed by atoms with E-state index in [0.717, 1.165) is 32.1 Å². The zero-order chi connectivity index (χ0) is 21.7. The Morgan fingerprint density at radius 3 is 2.40 bits per heavy atom. The minimum Gasteiger partial charge on any atom is -0.436 e. The van der Waals surface area contributed by atoms with Gasteiger partial charge in [-0.05, 0) is 49.1 Å². The number of benzene rings is 1. The molecule has 0 aliphatic heterocycles. The number of alkyl halides is 2. The molecule has 2 amide bonds. The van der Waals surface area contributed by atoms with Crippen molar-refractivity contribution in [2.45, 2.75) is 51.6 Å². The largest absolute Gasteiger partial charge is 0.436 e.